The molecule has 1 nitrogen and oxygen atoms in total. The van der Waals surface area contributed by atoms with Crippen LogP contribution in [0.15, 0.2) is 24.3 Å². The first kappa shape index (κ1) is 18.6. The molecule has 0 saturated carbocycles. The highest BCUT2D eigenvalue weighted by Gasteiger charge is 2.36. The molecule has 1 atom stereocenters. The van der Waals surface area contributed by atoms with Crippen molar-refractivity contribution >= 4 is 0 Å². The highest BCUT2D eigenvalue weighted by Crippen LogP contribution is 2.39. The zero-order valence-electron chi connectivity index (χ0n) is 13.9. The van der Waals surface area contributed by atoms with E-state index < -0.39 is 23.7 Å². The topological polar surface area (TPSA) is 9.23 Å². The Balaban J connectivity index is 1.92. The van der Waals surface area contributed by atoms with E-state index in [-0.39, 0.29) is 35.7 Å². The SMILES string of the molecule is CCc1ccc(C2CCc3c(cc(F)c(OC(F)(F)F)c3F)C2)c(F)c1. The van der Waals surface area contributed by atoms with Crippen LogP contribution in [-0.2, 0) is 19.3 Å². The molecule has 0 bridgehead atoms. The minimum absolute atomic E-state index is 0.00696. The van der Waals surface area contributed by atoms with Gasteiger partial charge in [0, 0.05) is 0 Å². The predicted molar refractivity (Wildman–Crippen MR) is 83.6 cm³/mol. The molecule has 0 aromatic heterocycles. The first-order chi connectivity index (χ1) is 12.2. The van der Waals surface area contributed by atoms with Gasteiger partial charge in [-0.3, -0.25) is 0 Å². The normalized spacial score (nSPS) is 17.1. The van der Waals surface area contributed by atoms with Crippen molar-refractivity contribution in [3.63, 3.8) is 0 Å². The molecule has 0 spiro atoms. The van der Waals surface area contributed by atoms with Crippen molar-refractivity contribution in [3.8, 4) is 5.75 Å². The third-order valence-corrected chi connectivity index (χ3v) is 4.71. The summed E-state index contributed by atoms with van der Waals surface area (Å²) < 4.78 is 83.0. The van der Waals surface area contributed by atoms with Gasteiger partial charge in [-0.25, -0.2) is 13.2 Å². The lowest BCUT2D eigenvalue weighted by Crippen LogP contribution is -2.21. The number of hydrogen-bond acceptors (Lipinski definition) is 1. The van der Waals surface area contributed by atoms with Crippen LogP contribution in [0.3, 0.4) is 0 Å². The Morgan fingerprint density at radius 2 is 1.81 bits per heavy atom. The molecule has 0 saturated heterocycles. The summed E-state index contributed by atoms with van der Waals surface area (Å²) in [6, 6.07) is 5.75. The Labute approximate surface area is 146 Å². The van der Waals surface area contributed by atoms with Gasteiger partial charge in [0.2, 0.25) is 5.75 Å². The summed E-state index contributed by atoms with van der Waals surface area (Å²) in [5.74, 6) is -4.86. The van der Waals surface area contributed by atoms with Crippen LogP contribution < -0.4 is 4.74 Å². The van der Waals surface area contributed by atoms with Crippen molar-refractivity contribution < 1.29 is 31.1 Å². The molecule has 0 heterocycles. The summed E-state index contributed by atoms with van der Waals surface area (Å²) >= 11 is 0. The molecule has 1 unspecified atom stereocenters. The first-order valence-corrected chi connectivity index (χ1v) is 8.23. The number of halogens is 6. The summed E-state index contributed by atoms with van der Waals surface area (Å²) in [7, 11) is 0. The molecule has 0 N–H and O–H groups in total. The van der Waals surface area contributed by atoms with E-state index in [2.05, 4.69) is 4.74 Å². The molecule has 0 aliphatic heterocycles. The summed E-state index contributed by atoms with van der Waals surface area (Å²) in [6.07, 6.45) is -3.92. The average molecular weight is 374 g/mol. The molecular weight excluding hydrogens is 358 g/mol. The molecule has 0 radical (unpaired) electrons. The van der Waals surface area contributed by atoms with E-state index in [1.165, 1.54) is 6.07 Å². The number of benzene rings is 2. The van der Waals surface area contributed by atoms with Crippen LogP contribution in [0, 0.1) is 17.5 Å². The lowest BCUT2D eigenvalue weighted by atomic mass is 9.79. The molecule has 1 aliphatic rings. The number of alkyl halides is 3. The van der Waals surface area contributed by atoms with Gasteiger partial charge >= 0.3 is 6.36 Å². The number of rotatable bonds is 3. The van der Waals surface area contributed by atoms with Crippen LogP contribution in [0.5, 0.6) is 5.75 Å². The highest BCUT2D eigenvalue weighted by molar-refractivity contribution is 5.42. The lowest BCUT2D eigenvalue weighted by molar-refractivity contribution is -0.276. The maximum absolute atomic E-state index is 14.3. The van der Waals surface area contributed by atoms with E-state index in [4.69, 9.17) is 0 Å². The van der Waals surface area contributed by atoms with Crippen molar-refractivity contribution in [1.82, 2.24) is 0 Å². The summed E-state index contributed by atoms with van der Waals surface area (Å²) in [5, 5.41) is 0. The van der Waals surface area contributed by atoms with Gasteiger partial charge in [0.15, 0.2) is 11.6 Å². The van der Waals surface area contributed by atoms with Gasteiger partial charge in [-0.15, -0.1) is 13.2 Å². The minimum Gasteiger partial charge on any atom is -0.399 e. The number of hydrogen-bond donors (Lipinski definition) is 0. The van der Waals surface area contributed by atoms with Crippen molar-refractivity contribution in [2.24, 2.45) is 0 Å². The van der Waals surface area contributed by atoms with E-state index in [0.717, 1.165) is 11.6 Å². The molecule has 0 amide bonds. The molecule has 1 aliphatic carbocycles. The highest BCUT2D eigenvalue weighted by atomic mass is 19.4. The van der Waals surface area contributed by atoms with Crippen molar-refractivity contribution in [1.29, 1.82) is 0 Å². The predicted octanol–water partition coefficient (Wildman–Crippen LogP) is 5.84. The van der Waals surface area contributed by atoms with Gasteiger partial charge in [-0.2, -0.15) is 0 Å². The molecule has 3 rings (SSSR count). The fourth-order valence-electron chi connectivity index (χ4n) is 3.42. The maximum atomic E-state index is 14.3. The second-order valence-electron chi connectivity index (χ2n) is 6.34. The first-order valence-electron chi connectivity index (χ1n) is 8.23. The second-order valence-corrected chi connectivity index (χ2v) is 6.34. The number of aryl methyl sites for hydroxylation is 1. The number of fused-ring (bicyclic) bond motifs is 1. The Kier molecular flexibility index (Phi) is 4.90. The van der Waals surface area contributed by atoms with E-state index >= 15 is 0 Å². The lowest BCUT2D eigenvalue weighted by Gasteiger charge is -2.27. The summed E-state index contributed by atoms with van der Waals surface area (Å²) in [5.41, 5.74) is 1.52. The zero-order chi connectivity index (χ0) is 19.1. The van der Waals surface area contributed by atoms with E-state index in [1.807, 2.05) is 6.92 Å². The fraction of sp³-hybridized carbons (Fsp3) is 0.368. The van der Waals surface area contributed by atoms with Crippen LogP contribution in [0.1, 0.15) is 41.5 Å². The van der Waals surface area contributed by atoms with Crippen molar-refractivity contribution in [3.05, 3.63) is 64.0 Å². The smallest absolute Gasteiger partial charge is 0.399 e. The van der Waals surface area contributed by atoms with Gasteiger partial charge in [-0.1, -0.05) is 19.1 Å². The van der Waals surface area contributed by atoms with Crippen LogP contribution in [0.2, 0.25) is 0 Å². The monoisotopic (exact) mass is 374 g/mol. The Morgan fingerprint density at radius 1 is 1.08 bits per heavy atom. The van der Waals surface area contributed by atoms with Crippen LogP contribution >= 0.6 is 0 Å². The molecule has 0 fully saturated rings. The third kappa shape index (κ3) is 3.66. The summed E-state index contributed by atoms with van der Waals surface area (Å²) in [4.78, 5) is 0. The van der Waals surface area contributed by atoms with Crippen molar-refractivity contribution in [2.75, 3.05) is 0 Å². The molecule has 2 aromatic rings. The molecule has 7 heteroatoms. The molecule has 140 valence electrons. The maximum Gasteiger partial charge on any atom is 0.573 e. The third-order valence-electron chi connectivity index (χ3n) is 4.71. The van der Waals surface area contributed by atoms with E-state index in [0.29, 0.717) is 18.4 Å². The Hall–Kier alpha value is -2.18. The van der Waals surface area contributed by atoms with Crippen LogP contribution in [-0.4, -0.2) is 6.36 Å². The zero-order valence-corrected chi connectivity index (χ0v) is 13.9. The quantitative estimate of drug-likeness (QED) is 0.614. The average Bonchev–Trinajstić information content (AvgIpc) is 2.57. The van der Waals surface area contributed by atoms with Gasteiger partial charge in [0.25, 0.3) is 0 Å². The van der Waals surface area contributed by atoms with Crippen LogP contribution in [0.25, 0.3) is 0 Å². The minimum atomic E-state index is -5.18. The standard InChI is InChI=1S/C19H16F6O/c1-2-10-3-5-13(15(20)7-10)11-4-6-14-12(8-11)9-16(21)18(17(14)22)26-19(23,24)25/h3,5,7,9,11H,2,4,6,8H2,1H3. The largest absolute Gasteiger partial charge is 0.573 e. The van der Waals surface area contributed by atoms with Gasteiger partial charge < -0.3 is 4.74 Å². The van der Waals surface area contributed by atoms with Crippen LogP contribution in [0.4, 0.5) is 26.3 Å². The van der Waals surface area contributed by atoms with E-state index in [1.54, 1.807) is 12.1 Å². The Morgan fingerprint density at radius 3 is 2.42 bits per heavy atom. The van der Waals surface area contributed by atoms with Crippen molar-refractivity contribution in [2.45, 2.75) is 44.9 Å². The fourth-order valence-corrected chi connectivity index (χ4v) is 3.42. The summed E-state index contributed by atoms with van der Waals surface area (Å²) in [6.45, 7) is 1.90. The second kappa shape index (κ2) is 6.85. The molecule has 2 aromatic carbocycles. The van der Waals surface area contributed by atoms with Gasteiger partial charge in [-0.05, 0) is 66.0 Å². The molecular formula is C19H16F6O. The van der Waals surface area contributed by atoms with E-state index in [9.17, 15) is 26.3 Å². The van der Waals surface area contributed by atoms with Gasteiger partial charge in [0.1, 0.15) is 5.82 Å². The number of ether oxygens (including phenoxy) is 1. The van der Waals surface area contributed by atoms with Gasteiger partial charge in [0.05, 0.1) is 0 Å². The molecule has 26 heavy (non-hydrogen) atoms. The Bertz CT molecular complexity index is 828.